The lowest BCUT2D eigenvalue weighted by atomic mass is 9.98. The van der Waals surface area contributed by atoms with E-state index in [1.165, 1.54) is 12.1 Å². The van der Waals surface area contributed by atoms with Crippen LogP contribution in [-0.2, 0) is 0 Å². The molecule has 0 saturated carbocycles. The predicted molar refractivity (Wildman–Crippen MR) is 74.5 cm³/mol. The lowest BCUT2D eigenvalue weighted by Gasteiger charge is -2.22. The van der Waals surface area contributed by atoms with Crippen LogP contribution in [0.5, 0.6) is 0 Å². The van der Waals surface area contributed by atoms with Crippen molar-refractivity contribution in [2.75, 3.05) is 13.1 Å². The number of benzene rings is 1. The second-order valence-corrected chi connectivity index (χ2v) is 6.22. The van der Waals surface area contributed by atoms with Crippen molar-refractivity contribution in [3.05, 3.63) is 34.1 Å². The van der Waals surface area contributed by atoms with Crippen molar-refractivity contribution in [3.8, 4) is 0 Å². The minimum absolute atomic E-state index is 0.182. The van der Waals surface area contributed by atoms with Gasteiger partial charge in [0.2, 0.25) is 0 Å². The SMILES string of the molecule is CC1(O)CCCN(C(=O)c2cc(F)cc(Br)c2)CC1. The highest BCUT2D eigenvalue weighted by atomic mass is 79.9. The Labute approximate surface area is 120 Å². The lowest BCUT2D eigenvalue weighted by molar-refractivity contribution is 0.0438. The van der Waals surface area contributed by atoms with Gasteiger partial charge in [0.05, 0.1) is 5.60 Å². The van der Waals surface area contributed by atoms with Gasteiger partial charge >= 0.3 is 0 Å². The second-order valence-electron chi connectivity index (χ2n) is 5.30. The Morgan fingerprint density at radius 1 is 1.37 bits per heavy atom. The van der Waals surface area contributed by atoms with Gasteiger partial charge in [-0.05, 0) is 44.4 Å². The maximum absolute atomic E-state index is 13.3. The van der Waals surface area contributed by atoms with E-state index in [9.17, 15) is 14.3 Å². The number of aliphatic hydroxyl groups is 1. The van der Waals surface area contributed by atoms with Crippen LogP contribution in [0.3, 0.4) is 0 Å². The van der Waals surface area contributed by atoms with Gasteiger partial charge in [-0.2, -0.15) is 0 Å². The van der Waals surface area contributed by atoms with E-state index in [1.807, 2.05) is 0 Å². The number of nitrogens with zero attached hydrogens (tertiary/aromatic N) is 1. The highest BCUT2D eigenvalue weighted by Crippen LogP contribution is 2.23. The Kier molecular flexibility index (Phi) is 4.26. The molecule has 104 valence electrons. The van der Waals surface area contributed by atoms with Crippen LogP contribution < -0.4 is 0 Å². The molecule has 0 bridgehead atoms. The normalized spacial score (nSPS) is 24.1. The van der Waals surface area contributed by atoms with Gasteiger partial charge in [0.25, 0.3) is 5.91 Å². The van der Waals surface area contributed by atoms with Gasteiger partial charge in [-0.15, -0.1) is 0 Å². The summed E-state index contributed by atoms with van der Waals surface area (Å²) in [6.45, 7) is 2.89. The molecule has 2 rings (SSSR count). The van der Waals surface area contributed by atoms with E-state index in [-0.39, 0.29) is 5.91 Å². The molecule has 1 heterocycles. The number of rotatable bonds is 1. The van der Waals surface area contributed by atoms with Gasteiger partial charge < -0.3 is 10.0 Å². The Morgan fingerprint density at radius 3 is 2.79 bits per heavy atom. The summed E-state index contributed by atoms with van der Waals surface area (Å²) in [4.78, 5) is 14.0. The van der Waals surface area contributed by atoms with Gasteiger partial charge in [0.15, 0.2) is 0 Å². The van der Waals surface area contributed by atoms with Crippen LogP contribution in [0.4, 0.5) is 4.39 Å². The molecule has 0 spiro atoms. The molecule has 1 amide bonds. The summed E-state index contributed by atoms with van der Waals surface area (Å²) < 4.78 is 13.9. The average molecular weight is 330 g/mol. The summed E-state index contributed by atoms with van der Waals surface area (Å²) >= 11 is 3.19. The summed E-state index contributed by atoms with van der Waals surface area (Å²) in [5.41, 5.74) is -0.370. The Morgan fingerprint density at radius 2 is 2.11 bits per heavy atom. The summed E-state index contributed by atoms with van der Waals surface area (Å²) in [7, 11) is 0. The Balaban J connectivity index is 2.15. The van der Waals surface area contributed by atoms with Crippen LogP contribution in [0.1, 0.15) is 36.5 Å². The molecule has 1 N–H and O–H groups in total. The Hall–Kier alpha value is -0.940. The smallest absolute Gasteiger partial charge is 0.253 e. The summed E-state index contributed by atoms with van der Waals surface area (Å²) in [5, 5.41) is 10.0. The Bertz CT molecular complexity index is 470. The first-order valence-corrected chi connectivity index (χ1v) is 7.14. The van der Waals surface area contributed by atoms with Crippen LogP contribution in [0.15, 0.2) is 22.7 Å². The first-order valence-electron chi connectivity index (χ1n) is 6.35. The van der Waals surface area contributed by atoms with Crippen LogP contribution >= 0.6 is 15.9 Å². The maximum atomic E-state index is 13.3. The summed E-state index contributed by atoms with van der Waals surface area (Å²) in [6.07, 6.45) is 1.99. The molecule has 1 atom stereocenters. The van der Waals surface area contributed by atoms with E-state index in [4.69, 9.17) is 0 Å². The molecule has 1 saturated heterocycles. The monoisotopic (exact) mass is 329 g/mol. The van der Waals surface area contributed by atoms with Crippen LogP contribution in [0.25, 0.3) is 0 Å². The van der Waals surface area contributed by atoms with Gasteiger partial charge in [-0.25, -0.2) is 4.39 Å². The zero-order valence-electron chi connectivity index (χ0n) is 10.8. The second kappa shape index (κ2) is 5.59. The largest absolute Gasteiger partial charge is 0.390 e. The molecule has 19 heavy (non-hydrogen) atoms. The number of halogens is 2. The van der Waals surface area contributed by atoms with Crippen molar-refractivity contribution >= 4 is 21.8 Å². The molecule has 1 aliphatic heterocycles. The van der Waals surface area contributed by atoms with E-state index in [1.54, 1.807) is 17.9 Å². The van der Waals surface area contributed by atoms with Gasteiger partial charge in [-0.3, -0.25) is 4.79 Å². The van der Waals surface area contributed by atoms with Crippen molar-refractivity contribution in [1.82, 2.24) is 4.90 Å². The zero-order chi connectivity index (χ0) is 14.0. The molecule has 1 aliphatic rings. The van der Waals surface area contributed by atoms with Gasteiger partial charge in [-0.1, -0.05) is 15.9 Å². The first kappa shape index (κ1) is 14.5. The molecular formula is C14H17BrFNO2. The maximum Gasteiger partial charge on any atom is 0.253 e. The highest BCUT2D eigenvalue weighted by molar-refractivity contribution is 9.10. The molecule has 0 aliphatic carbocycles. The minimum atomic E-state index is -0.711. The van der Waals surface area contributed by atoms with E-state index >= 15 is 0 Å². The topological polar surface area (TPSA) is 40.5 Å². The number of hydrogen-bond donors (Lipinski definition) is 1. The molecular weight excluding hydrogens is 313 g/mol. The molecule has 5 heteroatoms. The number of carbonyl (C=O) groups is 1. The third kappa shape index (κ3) is 3.76. The standard InChI is InChI=1S/C14H17BrFNO2/c1-14(19)3-2-5-17(6-4-14)13(18)10-7-11(15)9-12(16)8-10/h7-9,19H,2-6H2,1H3. The van der Waals surface area contributed by atoms with Gasteiger partial charge in [0, 0.05) is 23.1 Å². The molecule has 0 aromatic heterocycles. The zero-order valence-corrected chi connectivity index (χ0v) is 12.4. The number of hydrogen-bond acceptors (Lipinski definition) is 2. The minimum Gasteiger partial charge on any atom is -0.390 e. The van der Waals surface area contributed by atoms with Crippen molar-refractivity contribution in [3.63, 3.8) is 0 Å². The van der Waals surface area contributed by atoms with Crippen LogP contribution in [0.2, 0.25) is 0 Å². The average Bonchev–Trinajstić information content (AvgIpc) is 2.48. The predicted octanol–water partition coefficient (Wildman–Crippen LogP) is 2.97. The molecule has 1 aromatic rings. The third-order valence-electron chi connectivity index (χ3n) is 3.46. The van der Waals surface area contributed by atoms with E-state index < -0.39 is 11.4 Å². The van der Waals surface area contributed by atoms with Crippen molar-refractivity contribution in [2.45, 2.75) is 31.8 Å². The van der Waals surface area contributed by atoms with Gasteiger partial charge in [0.1, 0.15) is 5.82 Å². The molecule has 1 unspecified atom stereocenters. The van der Waals surface area contributed by atoms with Crippen LogP contribution in [-0.4, -0.2) is 34.6 Å². The van der Waals surface area contributed by atoms with Crippen molar-refractivity contribution < 1.29 is 14.3 Å². The fraction of sp³-hybridized carbons (Fsp3) is 0.500. The quantitative estimate of drug-likeness (QED) is 0.860. The molecule has 3 nitrogen and oxygen atoms in total. The molecule has 1 fully saturated rings. The lowest BCUT2D eigenvalue weighted by Crippen LogP contribution is -2.33. The third-order valence-corrected chi connectivity index (χ3v) is 3.92. The fourth-order valence-corrected chi connectivity index (χ4v) is 2.79. The van der Waals surface area contributed by atoms with E-state index in [0.717, 1.165) is 6.42 Å². The number of amides is 1. The van der Waals surface area contributed by atoms with E-state index in [0.29, 0.717) is 36.0 Å². The number of likely N-dealkylation sites (tertiary alicyclic amines) is 1. The molecule has 0 radical (unpaired) electrons. The molecule has 1 aromatic carbocycles. The fourth-order valence-electron chi connectivity index (χ4n) is 2.33. The van der Waals surface area contributed by atoms with Crippen molar-refractivity contribution in [2.24, 2.45) is 0 Å². The highest BCUT2D eigenvalue weighted by Gasteiger charge is 2.27. The first-order chi connectivity index (χ1) is 8.87. The van der Waals surface area contributed by atoms with Crippen molar-refractivity contribution in [1.29, 1.82) is 0 Å². The van der Waals surface area contributed by atoms with E-state index in [2.05, 4.69) is 15.9 Å². The number of carbonyl (C=O) groups excluding carboxylic acids is 1. The van der Waals surface area contributed by atoms with Crippen LogP contribution in [0, 0.1) is 5.82 Å². The summed E-state index contributed by atoms with van der Waals surface area (Å²) in [6, 6.07) is 4.19. The summed E-state index contributed by atoms with van der Waals surface area (Å²) in [5.74, 6) is -0.613.